The largest absolute Gasteiger partial charge is 0.325 e. The van der Waals surface area contributed by atoms with Crippen LogP contribution in [0.1, 0.15) is 35.1 Å². The summed E-state index contributed by atoms with van der Waals surface area (Å²) in [7, 11) is 0. The molecule has 0 spiro atoms. The quantitative estimate of drug-likeness (QED) is 0.618. The van der Waals surface area contributed by atoms with E-state index in [9.17, 15) is 4.79 Å². The average Bonchev–Trinajstić information content (AvgIpc) is 3.14. The summed E-state index contributed by atoms with van der Waals surface area (Å²) in [5, 5.41) is 12.1. The Morgan fingerprint density at radius 3 is 2.57 bits per heavy atom. The lowest BCUT2D eigenvalue weighted by Crippen LogP contribution is -2.14. The van der Waals surface area contributed by atoms with E-state index in [1.807, 2.05) is 26.0 Å². The number of anilines is 1. The van der Waals surface area contributed by atoms with Crippen molar-refractivity contribution in [2.24, 2.45) is 0 Å². The Bertz CT molecular complexity index is 991. The third-order valence-corrected chi connectivity index (χ3v) is 5.80. The molecule has 0 atom stereocenters. The van der Waals surface area contributed by atoms with Crippen molar-refractivity contribution in [3.8, 4) is 11.4 Å². The summed E-state index contributed by atoms with van der Waals surface area (Å²) in [6, 6.07) is 12.6. The number of rotatable bonds is 5. The van der Waals surface area contributed by atoms with Gasteiger partial charge in [-0.2, -0.15) is 0 Å². The van der Waals surface area contributed by atoms with Gasteiger partial charge in [0.05, 0.1) is 5.75 Å². The minimum Gasteiger partial charge on any atom is -0.325 e. The fraction of sp³-hybridized carbons (Fsp3) is 0.318. The Morgan fingerprint density at radius 2 is 1.79 bits per heavy atom. The van der Waals surface area contributed by atoms with Crippen molar-refractivity contribution >= 4 is 23.4 Å². The van der Waals surface area contributed by atoms with Gasteiger partial charge in [0.15, 0.2) is 11.0 Å². The van der Waals surface area contributed by atoms with Gasteiger partial charge in [0.2, 0.25) is 5.91 Å². The fourth-order valence-electron chi connectivity index (χ4n) is 3.70. The maximum atomic E-state index is 12.3. The standard InChI is InChI=1S/C22H24N4OS/c1-14-9-15(2)11-19(10-14)23-20(27)13-28-22-24-21(25-26-22)18-8-7-16-5-3-4-6-17(16)12-18/h7-12H,3-6,13H2,1-2H3,(H,23,27)(H,24,25,26). The zero-order valence-electron chi connectivity index (χ0n) is 16.2. The van der Waals surface area contributed by atoms with Crippen LogP contribution in [-0.4, -0.2) is 26.8 Å². The van der Waals surface area contributed by atoms with Crippen molar-refractivity contribution in [2.75, 3.05) is 11.1 Å². The molecule has 0 saturated heterocycles. The summed E-state index contributed by atoms with van der Waals surface area (Å²) in [4.78, 5) is 15.5. The maximum Gasteiger partial charge on any atom is 0.234 e. The molecule has 0 radical (unpaired) electrons. The van der Waals surface area contributed by atoms with Crippen LogP contribution >= 0.6 is 11.8 Å². The number of nitrogens with zero attached hydrogens (tertiary/aromatic N) is 2. The lowest BCUT2D eigenvalue weighted by Gasteiger charge is -2.15. The molecule has 144 valence electrons. The van der Waals surface area contributed by atoms with Crippen LogP contribution < -0.4 is 5.32 Å². The van der Waals surface area contributed by atoms with Crippen LogP contribution in [-0.2, 0) is 17.6 Å². The number of aromatic amines is 1. The minimum absolute atomic E-state index is 0.0540. The molecule has 1 aliphatic rings. The van der Waals surface area contributed by atoms with Crippen LogP contribution in [0.4, 0.5) is 5.69 Å². The number of benzene rings is 2. The summed E-state index contributed by atoms with van der Waals surface area (Å²) < 4.78 is 0. The third-order valence-electron chi connectivity index (χ3n) is 4.93. The monoisotopic (exact) mass is 392 g/mol. The number of amides is 1. The second-order valence-corrected chi connectivity index (χ2v) is 8.35. The summed E-state index contributed by atoms with van der Waals surface area (Å²) in [5.74, 6) is 0.985. The van der Waals surface area contributed by atoms with Gasteiger partial charge in [0, 0.05) is 11.3 Å². The third kappa shape index (κ3) is 4.44. The Balaban J connectivity index is 1.37. The Labute approximate surface area is 169 Å². The first kappa shape index (κ1) is 18.7. The molecular formula is C22H24N4OS. The van der Waals surface area contributed by atoms with Crippen molar-refractivity contribution < 1.29 is 4.79 Å². The van der Waals surface area contributed by atoms with E-state index in [1.54, 1.807) is 0 Å². The summed E-state index contributed by atoms with van der Waals surface area (Å²) >= 11 is 1.36. The van der Waals surface area contributed by atoms with Crippen molar-refractivity contribution in [2.45, 2.75) is 44.7 Å². The molecule has 2 aromatic carbocycles. The van der Waals surface area contributed by atoms with Crippen LogP contribution in [0.2, 0.25) is 0 Å². The molecule has 1 amide bonds. The Hall–Kier alpha value is -2.60. The lowest BCUT2D eigenvalue weighted by molar-refractivity contribution is -0.113. The number of carbonyl (C=O) groups excluding carboxylic acids is 1. The zero-order chi connectivity index (χ0) is 19.5. The molecule has 28 heavy (non-hydrogen) atoms. The van der Waals surface area contributed by atoms with Gasteiger partial charge < -0.3 is 10.3 Å². The molecule has 0 bridgehead atoms. The van der Waals surface area contributed by atoms with Gasteiger partial charge in [-0.1, -0.05) is 30.0 Å². The molecule has 0 unspecified atom stereocenters. The fourth-order valence-corrected chi connectivity index (χ4v) is 4.31. The highest BCUT2D eigenvalue weighted by Crippen LogP contribution is 2.26. The molecule has 1 aromatic heterocycles. The number of hydrogen-bond donors (Lipinski definition) is 2. The molecule has 1 heterocycles. The first-order chi connectivity index (χ1) is 13.6. The maximum absolute atomic E-state index is 12.3. The van der Waals surface area contributed by atoms with E-state index in [1.165, 1.54) is 42.2 Å². The lowest BCUT2D eigenvalue weighted by atomic mass is 9.90. The number of aromatic nitrogens is 3. The molecule has 1 aliphatic carbocycles. The van der Waals surface area contributed by atoms with E-state index in [-0.39, 0.29) is 11.7 Å². The second kappa shape index (κ2) is 8.19. The summed E-state index contributed by atoms with van der Waals surface area (Å²) in [6.45, 7) is 4.04. The van der Waals surface area contributed by atoms with Crippen LogP contribution in [0, 0.1) is 13.8 Å². The predicted molar refractivity (Wildman–Crippen MR) is 114 cm³/mol. The minimum atomic E-state index is -0.0540. The number of aryl methyl sites for hydroxylation is 4. The summed E-state index contributed by atoms with van der Waals surface area (Å²) in [5.41, 5.74) is 7.02. The predicted octanol–water partition coefficient (Wildman–Crippen LogP) is 4.70. The molecule has 5 nitrogen and oxygen atoms in total. The molecule has 3 aromatic rings. The zero-order valence-corrected chi connectivity index (χ0v) is 17.0. The van der Waals surface area contributed by atoms with Crippen molar-refractivity contribution in [1.29, 1.82) is 0 Å². The van der Waals surface area contributed by atoms with Gasteiger partial charge in [0.1, 0.15) is 0 Å². The smallest absolute Gasteiger partial charge is 0.234 e. The molecule has 4 rings (SSSR count). The van der Waals surface area contributed by atoms with Crippen LogP contribution in [0.5, 0.6) is 0 Å². The highest BCUT2D eigenvalue weighted by molar-refractivity contribution is 7.99. The molecule has 0 aliphatic heterocycles. The van der Waals surface area contributed by atoms with Gasteiger partial charge in [-0.3, -0.25) is 4.79 Å². The van der Waals surface area contributed by atoms with Gasteiger partial charge in [0.25, 0.3) is 0 Å². The number of fused-ring (bicyclic) bond motifs is 1. The highest BCUT2D eigenvalue weighted by Gasteiger charge is 2.13. The van der Waals surface area contributed by atoms with Crippen molar-refractivity contribution in [3.63, 3.8) is 0 Å². The molecule has 0 saturated carbocycles. The number of H-pyrrole nitrogens is 1. The van der Waals surface area contributed by atoms with Crippen LogP contribution in [0.3, 0.4) is 0 Å². The second-order valence-electron chi connectivity index (χ2n) is 7.38. The van der Waals surface area contributed by atoms with Crippen molar-refractivity contribution in [1.82, 2.24) is 15.2 Å². The van der Waals surface area contributed by atoms with Gasteiger partial charge in [-0.15, -0.1) is 10.2 Å². The number of nitrogens with one attached hydrogen (secondary N) is 2. The SMILES string of the molecule is Cc1cc(C)cc(NC(=O)CSc2nnc(-c3ccc4c(c3)CCCC4)[nH]2)c1. The number of carbonyl (C=O) groups is 1. The average molecular weight is 393 g/mol. The van der Waals surface area contributed by atoms with E-state index in [0.29, 0.717) is 5.16 Å². The van der Waals surface area contributed by atoms with E-state index in [0.717, 1.165) is 34.6 Å². The first-order valence-electron chi connectivity index (χ1n) is 9.62. The number of hydrogen-bond acceptors (Lipinski definition) is 4. The van der Waals surface area contributed by atoms with Crippen LogP contribution in [0.25, 0.3) is 11.4 Å². The van der Waals surface area contributed by atoms with E-state index < -0.39 is 0 Å². The van der Waals surface area contributed by atoms with Crippen LogP contribution in [0.15, 0.2) is 41.6 Å². The van der Waals surface area contributed by atoms with E-state index in [2.05, 4.69) is 44.8 Å². The Kier molecular flexibility index (Phi) is 5.48. The van der Waals surface area contributed by atoms with Crippen molar-refractivity contribution in [3.05, 3.63) is 58.7 Å². The topological polar surface area (TPSA) is 70.7 Å². The first-order valence-corrected chi connectivity index (χ1v) is 10.6. The van der Waals surface area contributed by atoms with E-state index in [4.69, 9.17) is 0 Å². The van der Waals surface area contributed by atoms with E-state index >= 15 is 0 Å². The molecular weight excluding hydrogens is 368 g/mol. The molecule has 2 N–H and O–H groups in total. The summed E-state index contributed by atoms with van der Waals surface area (Å²) in [6.07, 6.45) is 4.84. The Morgan fingerprint density at radius 1 is 1.04 bits per heavy atom. The highest BCUT2D eigenvalue weighted by atomic mass is 32.2. The normalized spacial score (nSPS) is 13.2. The number of thioether (sulfide) groups is 1. The molecule has 6 heteroatoms. The van der Waals surface area contributed by atoms with Gasteiger partial charge >= 0.3 is 0 Å². The van der Waals surface area contributed by atoms with Gasteiger partial charge in [-0.05, 0) is 80.0 Å². The molecule has 0 fully saturated rings. The van der Waals surface area contributed by atoms with Gasteiger partial charge in [-0.25, -0.2) is 0 Å².